The maximum atomic E-state index is 14.1. The van der Waals surface area contributed by atoms with Crippen molar-refractivity contribution < 1.29 is 4.79 Å². The van der Waals surface area contributed by atoms with Crippen LogP contribution >= 0.6 is 11.6 Å². The van der Waals surface area contributed by atoms with Crippen molar-refractivity contribution in [1.29, 1.82) is 0 Å². The predicted octanol–water partition coefficient (Wildman–Crippen LogP) is 7.87. The van der Waals surface area contributed by atoms with Crippen LogP contribution in [0.5, 0.6) is 0 Å². The molecule has 1 N–H and O–H groups in total. The lowest BCUT2D eigenvalue weighted by Crippen LogP contribution is -2.37. The third-order valence-corrected chi connectivity index (χ3v) is 9.28. The van der Waals surface area contributed by atoms with Crippen LogP contribution in [-0.2, 0) is 5.41 Å². The number of halogens is 1. The Morgan fingerprint density at radius 1 is 1.00 bits per heavy atom. The summed E-state index contributed by atoms with van der Waals surface area (Å²) in [7, 11) is 0. The summed E-state index contributed by atoms with van der Waals surface area (Å²) >= 11 is 6.29. The molecule has 1 aliphatic heterocycles. The molecule has 3 aromatic carbocycles. The summed E-state index contributed by atoms with van der Waals surface area (Å²) in [6.07, 6.45) is 8.12. The van der Waals surface area contributed by atoms with Gasteiger partial charge in [-0.15, -0.1) is 0 Å². The molecule has 2 fully saturated rings. The lowest BCUT2D eigenvalue weighted by Gasteiger charge is -2.34. The Bertz CT molecular complexity index is 1500. The van der Waals surface area contributed by atoms with Gasteiger partial charge in [-0.25, -0.2) is 9.97 Å². The van der Waals surface area contributed by atoms with Crippen LogP contribution < -0.4 is 10.2 Å². The van der Waals surface area contributed by atoms with Gasteiger partial charge < -0.3 is 10.2 Å². The summed E-state index contributed by atoms with van der Waals surface area (Å²) in [5.41, 5.74) is 3.33. The molecule has 2 heterocycles. The Kier molecular flexibility index (Phi) is 7.50. The number of carbonyl (C=O) groups excluding carboxylic acids is 1. The number of piperidine rings is 1. The van der Waals surface area contributed by atoms with Crippen molar-refractivity contribution in [3.05, 3.63) is 100 Å². The molecule has 2 aliphatic rings. The van der Waals surface area contributed by atoms with Crippen LogP contribution in [0.3, 0.4) is 0 Å². The van der Waals surface area contributed by atoms with Gasteiger partial charge in [-0.05, 0) is 72.6 Å². The minimum absolute atomic E-state index is 0.130. The number of amides is 1. The minimum atomic E-state index is -0.347. The lowest BCUT2D eigenvalue weighted by molar-refractivity contribution is 0.0937. The fourth-order valence-corrected chi connectivity index (χ4v) is 6.78. The highest BCUT2D eigenvalue weighted by molar-refractivity contribution is 6.30. The number of rotatable bonds is 6. The first kappa shape index (κ1) is 26.8. The second-order valence-electron chi connectivity index (χ2n) is 11.7. The van der Waals surface area contributed by atoms with Gasteiger partial charge >= 0.3 is 0 Å². The molecular weight excluding hydrogens is 516 g/mol. The number of fused-ring (bicyclic) bond motifs is 1. The third-order valence-electron chi connectivity index (χ3n) is 9.03. The average molecular weight is 553 g/mol. The number of carbonyl (C=O) groups is 1. The fourth-order valence-electron chi connectivity index (χ4n) is 6.65. The smallest absolute Gasteiger partial charge is 0.255 e. The van der Waals surface area contributed by atoms with E-state index < -0.39 is 0 Å². The number of hydrogen-bond donors (Lipinski definition) is 1. The summed E-state index contributed by atoms with van der Waals surface area (Å²) < 4.78 is 0. The van der Waals surface area contributed by atoms with E-state index in [0.29, 0.717) is 16.5 Å². The van der Waals surface area contributed by atoms with Crippen LogP contribution in [0.4, 0.5) is 5.95 Å². The van der Waals surface area contributed by atoms with Crippen LogP contribution in [0, 0.1) is 5.92 Å². The Labute approximate surface area is 242 Å². The molecule has 1 aliphatic carbocycles. The topological polar surface area (TPSA) is 58.1 Å². The number of nitrogens with one attached hydrogen (secondary N) is 1. The van der Waals surface area contributed by atoms with Crippen molar-refractivity contribution in [2.45, 2.75) is 63.8 Å². The fraction of sp³-hybridized carbons (Fsp3) is 0.382. The number of benzene rings is 3. The van der Waals surface area contributed by atoms with Crippen molar-refractivity contribution in [2.24, 2.45) is 5.92 Å². The Morgan fingerprint density at radius 2 is 1.70 bits per heavy atom. The molecule has 0 bridgehead atoms. The van der Waals surface area contributed by atoms with Crippen LogP contribution in [0.1, 0.15) is 85.6 Å². The van der Waals surface area contributed by atoms with E-state index in [9.17, 15) is 4.79 Å². The highest BCUT2D eigenvalue weighted by atomic mass is 35.5. The number of aromatic nitrogens is 2. The quantitative estimate of drug-likeness (QED) is 0.264. The van der Waals surface area contributed by atoms with Crippen LogP contribution in [0.2, 0.25) is 5.02 Å². The van der Waals surface area contributed by atoms with E-state index in [-0.39, 0.29) is 17.4 Å². The van der Waals surface area contributed by atoms with E-state index >= 15 is 0 Å². The van der Waals surface area contributed by atoms with E-state index in [4.69, 9.17) is 21.6 Å². The van der Waals surface area contributed by atoms with Crippen molar-refractivity contribution in [3.63, 3.8) is 0 Å². The summed E-state index contributed by atoms with van der Waals surface area (Å²) in [5, 5.41) is 6.33. The van der Waals surface area contributed by atoms with Crippen LogP contribution in [-0.4, -0.2) is 29.0 Å². The normalized spacial score (nSPS) is 18.1. The summed E-state index contributed by atoms with van der Waals surface area (Å²) in [4.78, 5) is 26.4. The van der Waals surface area contributed by atoms with E-state index in [1.165, 1.54) is 5.56 Å². The highest BCUT2D eigenvalue weighted by Gasteiger charge is 2.42. The molecule has 4 aromatic rings. The maximum absolute atomic E-state index is 14.1. The number of nitrogens with zero attached hydrogens (tertiary/aromatic N) is 3. The molecule has 0 spiro atoms. The van der Waals surface area contributed by atoms with Gasteiger partial charge in [-0.2, -0.15) is 0 Å². The zero-order chi connectivity index (χ0) is 27.7. The second kappa shape index (κ2) is 11.2. The van der Waals surface area contributed by atoms with E-state index in [1.54, 1.807) is 6.20 Å². The minimum Gasteiger partial charge on any atom is -0.345 e. The molecule has 1 aromatic heterocycles. The molecule has 6 heteroatoms. The molecule has 1 unspecified atom stereocenters. The van der Waals surface area contributed by atoms with Gasteiger partial charge in [0.25, 0.3) is 5.91 Å². The molecule has 6 rings (SSSR count). The summed E-state index contributed by atoms with van der Waals surface area (Å²) in [6.45, 7) is 6.24. The van der Waals surface area contributed by atoms with E-state index in [2.05, 4.69) is 59.6 Å². The second-order valence-corrected chi connectivity index (χ2v) is 12.1. The third kappa shape index (κ3) is 5.08. The van der Waals surface area contributed by atoms with E-state index in [0.717, 1.165) is 79.6 Å². The first-order chi connectivity index (χ1) is 19.4. The molecule has 1 atom stereocenters. The van der Waals surface area contributed by atoms with E-state index in [1.807, 2.05) is 31.2 Å². The molecule has 1 saturated heterocycles. The molecule has 0 radical (unpaired) electrons. The highest BCUT2D eigenvalue weighted by Crippen LogP contribution is 2.47. The zero-order valence-corrected chi connectivity index (χ0v) is 24.1. The van der Waals surface area contributed by atoms with Crippen LogP contribution in [0.25, 0.3) is 10.8 Å². The van der Waals surface area contributed by atoms with Gasteiger partial charge in [0.15, 0.2) is 0 Å². The molecule has 40 heavy (non-hydrogen) atoms. The molecule has 1 amide bonds. The molecule has 206 valence electrons. The molecule has 1 saturated carbocycles. The molecule has 5 nitrogen and oxygen atoms in total. The van der Waals surface area contributed by atoms with Gasteiger partial charge in [-0.3, -0.25) is 4.79 Å². The first-order valence-electron chi connectivity index (χ1n) is 14.6. The standard InChI is InChI=1S/C34H37ClN4O/c1-23-16-20-39(21-17-23)33-36-22-30(31(38-33)34(18-5-6-19-34)26-12-14-27(35)15-13-26)32(40)37-24(2)28-11-7-9-25-8-3-4-10-29(25)28/h3-4,7-15,22-24H,5-6,16-21H2,1-2H3,(H,37,40). The van der Waals surface area contributed by atoms with Crippen molar-refractivity contribution in [1.82, 2.24) is 15.3 Å². The summed E-state index contributed by atoms with van der Waals surface area (Å²) in [6, 6.07) is 22.5. The Balaban J connectivity index is 1.41. The number of hydrogen-bond acceptors (Lipinski definition) is 4. The van der Waals surface area contributed by atoms with Crippen molar-refractivity contribution in [2.75, 3.05) is 18.0 Å². The zero-order valence-electron chi connectivity index (χ0n) is 23.4. The number of anilines is 1. The monoisotopic (exact) mass is 552 g/mol. The van der Waals surface area contributed by atoms with Gasteiger partial charge in [0.1, 0.15) is 0 Å². The first-order valence-corrected chi connectivity index (χ1v) is 15.0. The van der Waals surface area contributed by atoms with Crippen molar-refractivity contribution in [3.8, 4) is 0 Å². The Hall–Kier alpha value is -3.44. The largest absolute Gasteiger partial charge is 0.345 e. The molecular formula is C34H37ClN4O. The van der Waals surface area contributed by atoms with Gasteiger partial charge in [0.05, 0.1) is 17.3 Å². The van der Waals surface area contributed by atoms with Gasteiger partial charge in [0.2, 0.25) is 5.95 Å². The Morgan fingerprint density at radius 3 is 2.45 bits per heavy atom. The average Bonchev–Trinajstić information content (AvgIpc) is 3.48. The SMILES string of the molecule is CC1CCN(c2ncc(C(=O)NC(C)c3cccc4ccccc34)c(C3(c4ccc(Cl)cc4)CCCC3)n2)CC1. The maximum Gasteiger partial charge on any atom is 0.255 e. The van der Waals surface area contributed by atoms with Gasteiger partial charge in [-0.1, -0.05) is 86.0 Å². The van der Waals surface area contributed by atoms with Crippen molar-refractivity contribution >= 4 is 34.2 Å². The van der Waals surface area contributed by atoms with Crippen LogP contribution in [0.15, 0.2) is 72.9 Å². The van der Waals surface area contributed by atoms with Gasteiger partial charge in [0, 0.05) is 29.7 Å². The summed E-state index contributed by atoms with van der Waals surface area (Å²) in [5.74, 6) is 1.32. The predicted molar refractivity (Wildman–Crippen MR) is 163 cm³/mol. The lowest BCUT2D eigenvalue weighted by atomic mass is 9.74.